The number of nitrogens with two attached hydrogens (primary N) is 1. The van der Waals surface area contributed by atoms with Crippen LogP contribution in [0.15, 0.2) is 30.3 Å². The predicted octanol–water partition coefficient (Wildman–Crippen LogP) is 0.813. The minimum absolute atomic E-state index is 0.00114. The molecule has 0 bridgehead atoms. The van der Waals surface area contributed by atoms with Gasteiger partial charge in [-0.05, 0) is 12.0 Å². The maximum atomic E-state index is 5.91. The quantitative estimate of drug-likeness (QED) is 0.752. The van der Waals surface area contributed by atoms with Gasteiger partial charge in [-0.1, -0.05) is 36.3 Å². The van der Waals surface area contributed by atoms with E-state index in [0.29, 0.717) is 13.1 Å². The van der Waals surface area contributed by atoms with Crippen molar-refractivity contribution in [3.8, 4) is 12.3 Å². The maximum absolute atomic E-state index is 5.91. The zero-order valence-electron chi connectivity index (χ0n) is 10.7. The summed E-state index contributed by atoms with van der Waals surface area (Å²) < 4.78 is 0. The standard InChI is InChI=1S/C15H21N3/c1-2-9-17-15(12-16)8-10-18(13-15)11-14-6-4-3-5-7-14/h1,3-7,17H,8-13,16H2. The molecule has 0 aliphatic carbocycles. The number of nitrogens with zero attached hydrogens (tertiary/aromatic N) is 1. The lowest BCUT2D eigenvalue weighted by atomic mass is 9.99. The predicted molar refractivity (Wildman–Crippen MR) is 75.0 cm³/mol. The van der Waals surface area contributed by atoms with Gasteiger partial charge in [0.1, 0.15) is 0 Å². The second-order valence-corrected chi connectivity index (χ2v) is 4.99. The van der Waals surface area contributed by atoms with E-state index in [1.165, 1.54) is 5.56 Å². The molecule has 0 radical (unpaired) electrons. The van der Waals surface area contributed by atoms with Crippen molar-refractivity contribution in [3.63, 3.8) is 0 Å². The van der Waals surface area contributed by atoms with E-state index in [-0.39, 0.29) is 5.54 Å². The van der Waals surface area contributed by atoms with Crippen molar-refractivity contribution in [2.45, 2.75) is 18.5 Å². The fraction of sp³-hybridized carbons (Fsp3) is 0.467. The number of benzene rings is 1. The first kappa shape index (κ1) is 13.1. The lowest BCUT2D eigenvalue weighted by molar-refractivity contribution is 0.283. The van der Waals surface area contributed by atoms with Crippen LogP contribution in [0.2, 0.25) is 0 Å². The van der Waals surface area contributed by atoms with Gasteiger partial charge in [-0.3, -0.25) is 10.2 Å². The first-order valence-corrected chi connectivity index (χ1v) is 6.43. The minimum Gasteiger partial charge on any atom is -0.329 e. The fourth-order valence-electron chi connectivity index (χ4n) is 2.56. The van der Waals surface area contributed by atoms with Crippen molar-refractivity contribution in [2.24, 2.45) is 5.73 Å². The molecule has 2 rings (SSSR count). The summed E-state index contributed by atoms with van der Waals surface area (Å²) in [7, 11) is 0. The van der Waals surface area contributed by atoms with Crippen LogP contribution < -0.4 is 11.1 Å². The van der Waals surface area contributed by atoms with E-state index < -0.39 is 0 Å². The van der Waals surface area contributed by atoms with Crippen LogP contribution >= 0.6 is 0 Å². The van der Waals surface area contributed by atoms with Gasteiger partial charge in [-0.25, -0.2) is 0 Å². The molecule has 3 N–H and O–H groups in total. The topological polar surface area (TPSA) is 41.3 Å². The molecule has 1 fully saturated rings. The van der Waals surface area contributed by atoms with E-state index in [9.17, 15) is 0 Å². The summed E-state index contributed by atoms with van der Waals surface area (Å²) in [6.45, 7) is 4.26. The summed E-state index contributed by atoms with van der Waals surface area (Å²) in [5.41, 5.74) is 7.26. The Morgan fingerprint density at radius 2 is 2.17 bits per heavy atom. The summed E-state index contributed by atoms with van der Waals surface area (Å²) in [6.07, 6.45) is 6.38. The summed E-state index contributed by atoms with van der Waals surface area (Å²) in [5.74, 6) is 2.63. The molecule has 96 valence electrons. The van der Waals surface area contributed by atoms with Gasteiger partial charge in [0.2, 0.25) is 0 Å². The molecular weight excluding hydrogens is 222 g/mol. The smallest absolute Gasteiger partial charge is 0.0578 e. The number of likely N-dealkylation sites (tertiary alicyclic amines) is 1. The Morgan fingerprint density at radius 3 is 2.83 bits per heavy atom. The monoisotopic (exact) mass is 243 g/mol. The average Bonchev–Trinajstić information content (AvgIpc) is 2.82. The third-order valence-corrected chi connectivity index (χ3v) is 3.64. The van der Waals surface area contributed by atoms with Gasteiger partial charge in [0, 0.05) is 31.7 Å². The Bertz CT molecular complexity index is 409. The third-order valence-electron chi connectivity index (χ3n) is 3.64. The zero-order chi connectivity index (χ0) is 12.8. The molecule has 0 saturated carbocycles. The van der Waals surface area contributed by atoms with E-state index in [4.69, 9.17) is 12.2 Å². The molecule has 1 atom stereocenters. The van der Waals surface area contributed by atoms with Gasteiger partial charge in [0.25, 0.3) is 0 Å². The third kappa shape index (κ3) is 3.11. The minimum atomic E-state index is 0.00114. The summed E-state index contributed by atoms with van der Waals surface area (Å²) >= 11 is 0. The number of hydrogen-bond donors (Lipinski definition) is 2. The van der Waals surface area contributed by atoms with Gasteiger partial charge in [-0.15, -0.1) is 6.42 Å². The van der Waals surface area contributed by atoms with Crippen LogP contribution in [0.3, 0.4) is 0 Å². The Hall–Kier alpha value is -1.34. The van der Waals surface area contributed by atoms with Crippen molar-refractivity contribution >= 4 is 0 Å². The van der Waals surface area contributed by atoms with Crippen molar-refractivity contribution in [1.29, 1.82) is 0 Å². The van der Waals surface area contributed by atoms with Crippen LogP contribution in [0.1, 0.15) is 12.0 Å². The molecule has 1 aromatic rings. The summed E-state index contributed by atoms with van der Waals surface area (Å²) in [6, 6.07) is 10.5. The molecule has 0 aromatic heterocycles. The van der Waals surface area contributed by atoms with Gasteiger partial charge in [-0.2, -0.15) is 0 Å². The molecule has 3 nitrogen and oxygen atoms in total. The molecule has 0 spiro atoms. The first-order valence-electron chi connectivity index (χ1n) is 6.43. The highest BCUT2D eigenvalue weighted by atomic mass is 15.2. The number of rotatable bonds is 5. The molecule has 1 aromatic carbocycles. The van der Waals surface area contributed by atoms with Crippen LogP contribution in [-0.2, 0) is 6.54 Å². The Morgan fingerprint density at radius 1 is 1.39 bits per heavy atom. The average molecular weight is 243 g/mol. The van der Waals surface area contributed by atoms with E-state index in [1.54, 1.807) is 0 Å². The van der Waals surface area contributed by atoms with Gasteiger partial charge in [0.15, 0.2) is 0 Å². The largest absolute Gasteiger partial charge is 0.329 e. The Labute approximate surface area is 109 Å². The lowest BCUT2D eigenvalue weighted by Gasteiger charge is -2.28. The Balaban J connectivity index is 1.93. The van der Waals surface area contributed by atoms with E-state index in [2.05, 4.69) is 40.4 Å². The second-order valence-electron chi connectivity index (χ2n) is 4.99. The maximum Gasteiger partial charge on any atom is 0.0578 e. The van der Waals surface area contributed by atoms with Gasteiger partial charge < -0.3 is 5.73 Å². The van der Waals surface area contributed by atoms with Crippen molar-refractivity contribution in [2.75, 3.05) is 26.2 Å². The molecule has 3 heteroatoms. The molecule has 18 heavy (non-hydrogen) atoms. The van der Waals surface area contributed by atoms with Crippen LogP contribution in [0.25, 0.3) is 0 Å². The second kappa shape index (κ2) is 6.01. The van der Waals surface area contributed by atoms with Crippen molar-refractivity contribution in [1.82, 2.24) is 10.2 Å². The normalized spacial score (nSPS) is 24.0. The molecule has 0 amide bonds. The lowest BCUT2D eigenvalue weighted by Crippen LogP contribution is -2.53. The number of hydrogen-bond acceptors (Lipinski definition) is 3. The van der Waals surface area contributed by atoms with E-state index >= 15 is 0 Å². The van der Waals surface area contributed by atoms with Crippen LogP contribution in [0.4, 0.5) is 0 Å². The van der Waals surface area contributed by atoms with Crippen LogP contribution in [-0.4, -0.2) is 36.6 Å². The molecule has 1 heterocycles. The number of terminal acetylenes is 1. The molecular formula is C15H21N3. The van der Waals surface area contributed by atoms with Gasteiger partial charge >= 0.3 is 0 Å². The highest BCUT2D eigenvalue weighted by molar-refractivity contribution is 5.15. The SMILES string of the molecule is C#CCNC1(CN)CCN(Cc2ccccc2)C1. The van der Waals surface area contributed by atoms with Crippen LogP contribution in [0.5, 0.6) is 0 Å². The first-order chi connectivity index (χ1) is 8.78. The van der Waals surface area contributed by atoms with E-state index in [0.717, 1.165) is 26.1 Å². The van der Waals surface area contributed by atoms with Gasteiger partial charge in [0.05, 0.1) is 6.54 Å². The summed E-state index contributed by atoms with van der Waals surface area (Å²) in [5, 5.41) is 3.41. The highest BCUT2D eigenvalue weighted by Crippen LogP contribution is 2.22. The fourth-order valence-corrected chi connectivity index (χ4v) is 2.56. The summed E-state index contributed by atoms with van der Waals surface area (Å²) in [4.78, 5) is 2.44. The van der Waals surface area contributed by atoms with Crippen molar-refractivity contribution < 1.29 is 0 Å². The molecule has 1 aliphatic heterocycles. The Kier molecular flexibility index (Phi) is 4.38. The van der Waals surface area contributed by atoms with Crippen LogP contribution in [0, 0.1) is 12.3 Å². The molecule has 1 aliphatic rings. The van der Waals surface area contributed by atoms with Crippen molar-refractivity contribution in [3.05, 3.63) is 35.9 Å². The zero-order valence-corrected chi connectivity index (χ0v) is 10.7. The molecule has 1 saturated heterocycles. The molecule has 1 unspecified atom stereocenters. The van der Waals surface area contributed by atoms with E-state index in [1.807, 2.05) is 6.07 Å². The highest BCUT2D eigenvalue weighted by Gasteiger charge is 2.35. The number of nitrogens with one attached hydrogen (secondary N) is 1.